The van der Waals surface area contributed by atoms with Crippen LogP contribution >= 0.6 is 0 Å². The highest BCUT2D eigenvalue weighted by atomic mass is 16.3. The molecule has 3 aliphatic carbocycles. The maximum atomic E-state index is 9.59. The molecule has 0 bridgehead atoms. The van der Waals surface area contributed by atoms with Crippen molar-refractivity contribution in [2.24, 2.45) is 23.2 Å². The van der Waals surface area contributed by atoms with Gasteiger partial charge in [-0.2, -0.15) is 0 Å². The molecule has 28 heavy (non-hydrogen) atoms. The van der Waals surface area contributed by atoms with Gasteiger partial charge < -0.3 is 5.11 Å². The Morgan fingerprint density at radius 3 is 2.61 bits per heavy atom. The second kappa shape index (κ2) is 9.79. The summed E-state index contributed by atoms with van der Waals surface area (Å²) in [5.41, 5.74) is 5.15. The fourth-order valence-electron chi connectivity index (χ4n) is 6.73. The fourth-order valence-corrected chi connectivity index (χ4v) is 6.73. The van der Waals surface area contributed by atoms with Crippen LogP contribution in [0.2, 0.25) is 0 Å². The molecule has 1 N–H and O–H groups in total. The van der Waals surface area contributed by atoms with Gasteiger partial charge in [-0.25, -0.2) is 0 Å². The van der Waals surface area contributed by atoms with Crippen molar-refractivity contribution in [1.82, 2.24) is 0 Å². The van der Waals surface area contributed by atoms with E-state index < -0.39 is 0 Å². The summed E-state index contributed by atoms with van der Waals surface area (Å²) >= 11 is 0. The summed E-state index contributed by atoms with van der Waals surface area (Å²) in [6, 6.07) is 0. The number of hydrogen-bond donors (Lipinski definition) is 1. The van der Waals surface area contributed by atoms with E-state index in [-0.39, 0.29) is 6.10 Å². The molecule has 0 spiro atoms. The molecule has 0 aromatic carbocycles. The Morgan fingerprint density at radius 1 is 1.04 bits per heavy atom. The van der Waals surface area contributed by atoms with Gasteiger partial charge in [-0.1, -0.05) is 63.0 Å². The van der Waals surface area contributed by atoms with Crippen molar-refractivity contribution in [3.8, 4) is 0 Å². The van der Waals surface area contributed by atoms with Crippen LogP contribution in [0.15, 0.2) is 35.5 Å². The van der Waals surface area contributed by atoms with Gasteiger partial charge in [-0.3, -0.25) is 0 Å². The normalized spacial score (nSPS) is 36.4. The standard InChI is InChI=1S/C27H44O/c1-20-10-6-5-7-13-23(20)15-16-24-14-9-19-27(4)25(17-18-26(24)27)21(2)11-8-12-22(3)28/h15-16,21-22,25-26,28H,1,5-14,17-19H2,2-4H3/b23-15-,24-16+/t21-,22?,25?,26?,27-/m1/s1. The zero-order valence-corrected chi connectivity index (χ0v) is 18.8. The molecule has 0 radical (unpaired) electrons. The molecule has 5 atom stereocenters. The molecule has 0 aromatic rings. The van der Waals surface area contributed by atoms with Crippen molar-refractivity contribution in [2.45, 2.75) is 110 Å². The fraction of sp³-hybridized carbons (Fsp3) is 0.778. The van der Waals surface area contributed by atoms with Gasteiger partial charge in [0.2, 0.25) is 0 Å². The molecule has 3 rings (SSSR count). The number of rotatable bonds is 6. The molecule has 3 unspecified atom stereocenters. The Balaban J connectivity index is 1.69. The van der Waals surface area contributed by atoms with Crippen molar-refractivity contribution >= 4 is 0 Å². The Labute approximate surface area is 174 Å². The minimum Gasteiger partial charge on any atom is -0.393 e. The van der Waals surface area contributed by atoms with Gasteiger partial charge in [-0.15, -0.1) is 0 Å². The van der Waals surface area contributed by atoms with E-state index in [0.29, 0.717) is 5.41 Å². The first kappa shape index (κ1) is 21.9. The highest BCUT2D eigenvalue weighted by molar-refractivity contribution is 5.34. The first-order valence-electron chi connectivity index (χ1n) is 12.2. The first-order valence-corrected chi connectivity index (χ1v) is 12.2. The van der Waals surface area contributed by atoms with E-state index in [1.165, 1.54) is 88.2 Å². The van der Waals surface area contributed by atoms with Gasteiger partial charge in [0.25, 0.3) is 0 Å². The molecule has 158 valence electrons. The lowest BCUT2D eigenvalue weighted by molar-refractivity contribution is 0.0907. The lowest BCUT2D eigenvalue weighted by Gasteiger charge is -2.44. The predicted octanol–water partition coefficient (Wildman–Crippen LogP) is 7.76. The highest BCUT2D eigenvalue weighted by Gasteiger charge is 2.50. The number of fused-ring (bicyclic) bond motifs is 1. The van der Waals surface area contributed by atoms with E-state index >= 15 is 0 Å². The summed E-state index contributed by atoms with van der Waals surface area (Å²) in [6.07, 6.45) is 21.5. The average molecular weight is 385 g/mol. The topological polar surface area (TPSA) is 20.2 Å². The van der Waals surface area contributed by atoms with Crippen LogP contribution in [-0.2, 0) is 0 Å². The Morgan fingerprint density at radius 2 is 1.82 bits per heavy atom. The number of hydrogen-bond acceptors (Lipinski definition) is 1. The third kappa shape index (κ3) is 5.02. The Hall–Kier alpha value is -0.820. The molecule has 0 aliphatic heterocycles. The predicted molar refractivity (Wildman–Crippen MR) is 121 cm³/mol. The van der Waals surface area contributed by atoms with Crippen molar-refractivity contribution < 1.29 is 5.11 Å². The van der Waals surface area contributed by atoms with Crippen molar-refractivity contribution in [3.63, 3.8) is 0 Å². The molecule has 1 nitrogen and oxygen atoms in total. The van der Waals surface area contributed by atoms with Gasteiger partial charge in [-0.05, 0) is 99.9 Å². The maximum absolute atomic E-state index is 9.59. The molecule has 0 aromatic heterocycles. The number of aliphatic hydroxyl groups is 1. The molecule has 3 aliphatic rings. The lowest BCUT2D eigenvalue weighted by atomic mass is 9.60. The first-order chi connectivity index (χ1) is 13.4. The monoisotopic (exact) mass is 384 g/mol. The summed E-state index contributed by atoms with van der Waals surface area (Å²) in [5.74, 6) is 2.44. The zero-order valence-electron chi connectivity index (χ0n) is 18.8. The molecular formula is C27H44O. The van der Waals surface area contributed by atoms with Crippen molar-refractivity contribution in [1.29, 1.82) is 0 Å². The second-order valence-corrected chi connectivity index (χ2v) is 10.5. The van der Waals surface area contributed by atoms with Gasteiger partial charge in [0.15, 0.2) is 0 Å². The van der Waals surface area contributed by atoms with E-state index in [9.17, 15) is 5.11 Å². The quantitative estimate of drug-likeness (QED) is 0.464. The van der Waals surface area contributed by atoms with Crippen LogP contribution in [0.1, 0.15) is 104 Å². The van der Waals surface area contributed by atoms with E-state index in [1.54, 1.807) is 5.57 Å². The van der Waals surface area contributed by atoms with Crippen LogP contribution in [0.25, 0.3) is 0 Å². The number of aliphatic hydroxyl groups excluding tert-OH is 1. The van der Waals surface area contributed by atoms with Crippen molar-refractivity contribution in [2.75, 3.05) is 0 Å². The molecule has 0 heterocycles. The van der Waals surface area contributed by atoms with E-state index in [4.69, 9.17) is 0 Å². The average Bonchev–Trinajstić information content (AvgIpc) is 2.87. The van der Waals surface area contributed by atoms with Crippen LogP contribution in [0.3, 0.4) is 0 Å². The van der Waals surface area contributed by atoms with Crippen LogP contribution in [0, 0.1) is 23.2 Å². The van der Waals surface area contributed by atoms with Gasteiger partial charge in [0.1, 0.15) is 0 Å². The zero-order chi connectivity index (χ0) is 20.1. The summed E-state index contributed by atoms with van der Waals surface area (Å²) in [7, 11) is 0. The molecule has 0 saturated heterocycles. The SMILES string of the molecule is C=C1CCCCC/C1=C/C=C1\CCC[C@@]2(C)C1CCC2[C@H](C)CCCC(C)O. The molecule has 3 saturated carbocycles. The van der Waals surface area contributed by atoms with E-state index in [2.05, 4.69) is 32.6 Å². The molecule has 3 fully saturated rings. The Bertz CT molecular complexity index is 595. The molecule has 0 amide bonds. The summed E-state index contributed by atoms with van der Waals surface area (Å²) in [6.45, 7) is 11.4. The third-order valence-corrected chi connectivity index (χ3v) is 8.38. The Kier molecular flexibility index (Phi) is 7.65. The lowest BCUT2D eigenvalue weighted by Crippen LogP contribution is -2.36. The van der Waals surface area contributed by atoms with Crippen LogP contribution in [0.4, 0.5) is 0 Å². The highest BCUT2D eigenvalue weighted by Crippen LogP contribution is 2.59. The molecule has 1 heteroatoms. The minimum atomic E-state index is -0.143. The van der Waals surface area contributed by atoms with Crippen LogP contribution in [0.5, 0.6) is 0 Å². The second-order valence-electron chi connectivity index (χ2n) is 10.5. The minimum absolute atomic E-state index is 0.143. The van der Waals surface area contributed by atoms with Crippen LogP contribution in [-0.4, -0.2) is 11.2 Å². The molecular weight excluding hydrogens is 340 g/mol. The summed E-state index contributed by atoms with van der Waals surface area (Å²) in [5, 5.41) is 9.59. The van der Waals surface area contributed by atoms with Gasteiger partial charge >= 0.3 is 0 Å². The largest absolute Gasteiger partial charge is 0.393 e. The summed E-state index contributed by atoms with van der Waals surface area (Å²) < 4.78 is 0. The van der Waals surface area contributed by atoms with Gasteiger partial charge in [0.05, 0.1) is 6.10 Å². The number of allylic oxidation sites excluding steroid dienone is 5. The third-order valence-electron chi connectivity index (χ3n) is 8.38. The van der Waals surface area contributed by atoms with Crippen molar-refractivity contribution in [3.05, 3.63) is 35.5 Å². The van der Waals surface area contributed by atoms with E-state index in [0.717, 1.165) is 24.2 Å². The summed E-state index contributed by atoms with van der Waals surface area (Å²) in [4.78, 5) is 0. The van der Waals surface area contributed by atoms with Crippen LogP contribution < -0.4 is 0 Å². The van der Waals surface area contributed by atoms with E-state index in [1.807, 2.05) is 6.92 Å². The smallest absolute Gasteiger partial charge is 0.0512 e. The van der Waals surface area contributed by atoms with Gasteiger partial charge in [0, 0.05) is 0 Å². The maximum Gasteiger partial charge on any atom is 0.0512 e.